The van der Waals surface area contributed by atoms with Gasteiger partial charge in [0.1, 0.15) is 6.54 Å². The third kappa shape index (κ3) is 9.24. The van der Waals surface area contributed by atoms with Gasteiger partial charge in [0.15, 0.2) is 7.05 Å². The molecule has 0 aromatic heterocycles. The maximum absolute atomic E-state index is 12.8. The Bertz CT molecular complexity index is 591. The van der Waals surface area contributed by atoms with Gasteiger partial charge < -0.3 is 9.22 Å². The first kappa shape index (κ1) is 23.4. The molecule has 4 nitrogen and oxygen atoms in total. The molecule has 0 fully saturated rings. The number of benzene rings is 1. The second kappa shape index (κ2) is 10.7. The summed E-state index contributed by atoms with van der Waals surface area (Å²) >= 11 is 0. The molecule has 1 rings (SSSR count). The fraction of sp³-hybridized carbons (Fsp3) is 0.650. The van der Waals surface area contributed by atoms with Gasteiger partial charge in [-0.15, -0.1) is 0 Å². The van der Waals surface area contributed by atoms with Crippen molar-refractivity contribution >= 4 is 5.71 Å². The highest BCUT2D eigenvalue weighted by atomic mass is 19.4. The zero-order valence-corrected chi connectivity index (χ0v) is 17.1. The van der Waals surface area contributed by atoms with Crippen LogP contribution in [0.4, 0.5) is 13.2 Å². The van der Waals surface area contributed by atoms with Crippen LogP contribution in [0.1, 0.15) is 36.8 Å². The van der Waals surface area contributed by atoms with Crippen LogP contribution in [0.5, 0.6) is 0 Å². The van der Waals surface area contributed by atoms with Crippen LogP contribution in [0.25, 0.3) is 0 Å². The number of hydrogen-bond acceptors (Lipinski definition) is 2. The number of nitrogens with zero attached hydrogens (tertiary/aromatic N) is 2. The molecule has 0 bridgehead atoms. The first-order chi connectivity index (χ1) is 12.5. The third-order valence-corrected chi connectivity index (χ3v) is 4.23. The molecule has 0 heterocycles. The zero-order chi connectivity index (χ0) is 20.5. The van der Waals surface area contributed by atoms with Crippen molar-refractivity contribution in [3.05, 3.63) is 35.4 Å². The van der Waals surface area contributed by atoms with Gasteiger partial charge in [0.25, 0.3) is 0 Å². The highest BCUT2D eigenvalue weighted by Gasteiger charge is 2.30. The number of quaternary nitrogens is 1. The number of alkyl halides is 3. The Morgan fingerprint density at radius 2 is 1.63 bits per heavy atom. The summed E-state index contributed by atoms with van der Waals surface area (Å²) in [6, 6.07) is 5.29. The number of unbranched alkanes of at least 4 members (excludes halogenated alkanes) is 2. The molecule has 0 aliphatic heterocycles. The molecule has 0 spiro atoms. The molecular weight excluding hydrogens is 357 g/mol. The van der Waals surface area contributed by atoms with Crippen LogP contribution in [-0.2, 0) is 15.8 Å². The van der Waals surface area contributed by atoms with Crippen LogP contribution in [0.2, 0.25) is 0 Å². The molecule has 0 N–H and O–H groups in total. The van der Waals surface area contributed by atoms with Gasteiger partial charge in [0, 0.05) is 25.7 Å². The molecule has 0 saturated carbocycles. The minimum absolute atomic E-state index is 0.536. The van der Waals surface area contributed by atoms with E-state index in [-0.39, 0.29) is 0 Å². The number of halogens is 3. The van der Waals surface area contributed by atoms with Crippen molar-refractivity contribution in [1.82, 2.24) is 0 Å². The van der Waals surface area contributed by atoms with Gasteiger partial charge in [-0.2, -0.15) is 13.2 Å². The molecule has 27 heavy (non-hydrogen) atoms. The molecule has 1 aromatic rings. The highest BCUT2D eigenvalue weighted by molar-refractivity contribution is 5.96. The van der Waals surface area contributed by atoms with Crippen LogP contribution in [-0.4, -0.2) is 70.0 Å². The predicted octanol–water partition coefficient (Wildman–Crippen LogP) is 3.98. The summed E-state index contributed by atoms with van der Waals surface area (Å²) in [6.45, 7) is 2.08. The fourth-order valence-electron chi connectivity index (χ4n) is 2.58. The second-order valence-electron chi connectivity index (χ2n) is 7.67. The van der Waals surface area contributed by atoms with E-state index in [9.17, 15) is 13.2 Å². The summed E-state index contributed by atoms with van der Waals surface area (Å²) in [5, 5.41) is 0. The Morgan fingerprint density at radius 3 is 2.15 bits per heavy atom. The van der Waals surface area contributed by atoms with Crippen molar-refractivity contribution in [1.29, 1.82) is 0 Å². The van der Waals surface area contributed by atoms with Crippen molar-refractivity contribution in [3.63, 3.8) is 0 Å². The van der Waals surface area contributed by atoms with E-state index in [0.717, 1.165) is 60.1 Å². The van der Waals surface area contributed by atoms with Crippen LogP contribution >= 0.6 is 0 Å². The molecule has 0 radical (unpaired) electrons. The van der Waals surface area contributed by atoms with E-state index in [4.69, 9.17) is 9.57 Å². The second-order valence-corrected chi connectivity index (χ2v) is 7.67. The molecule has 154 valence electrons. The summed E-state index contributed by atoms with van der Waals surface area (Å²) < 4.78 is 46.0. The van der Waals surface area contributed by atoms with Crippen molar-refractivity contribution in [2.45, 2.75) is 31.9 Å². The van der Waals surface area contributed by atoms with E-state index in [0.29, 0.717) is 13.2 Å². The van der Waals surface area contributed by atoms with Gasteiger partial charge in [-0.05, 0) is 41.8 Å². The van der Waals surface area contributed by atoms with Gasteiger partial charge in [-0.25, -0.2) is 0 Å². The molecular formula is C20H33F3N2O2+2. The van der Waals surface area contributed by atoms with E-state index in [1.807, 2.05) is 7.05 Å². The van der Waals surface area contributed by atoms with Crippen molar-refractivity contribution in [2.24, 2.45) is 0 Å². The lowest BCUT2D eigenvalue weighted by Crippen LogP contribution is -2.38. The number of rotatable bonds is 11. The standard InChI is InChI=1S/C20H33F3N2O2/c1-24(27-16-14-25(2,3)4)19(9-7-6-8-15-26-5)17-10-12-18(13-11-17)20(21,22)23/h10-13H,6-9,14-16H2,1-5H3/q+2/b24-19+. The van der Waals surface area contributed by atoms with Gasteiger partial charge in [0.05, 0.1) is 26.7 Å². The normalized spacial score (nSPS) is 13.5. The van der Waals surface area contributed by atoms with Crippen LogP contribution in [0.3, 0.4) is 0 Å². The maximum Gasteiger partial charge on any atom is 0.416 e. The van der Waals surface area contributed by atoms with Gasteiger partial charge in [-0.3, -0.25) is 4.84 Å². The average Bonchev–Trinajstić information content (AvgIpc) is 2.56. The lowest BCUT2D eigenvalue weighted by Gasteiger charge is -2.22. The summed E-state index contributed by atoms with van der Waals surface area (Å²) in [6.07, 6.45) is -0.724. The van der Waals surface area contributed by atoms with E-state index >= 15 is 0 Å². The van der Waals surface area contributed by atoms with Crippen LogP contribution < -0.4 is 0 Å². The van der Waals surface area contributed by atoms with Gasteiger partial charge in [-0.1, -0.05) is 6.42 Å². The van der Waals surface area contributed by atoms with Crippen LogP contribution in [0, 0.1) is 0 Å². The van der Waals surface area contributed by atoms with E-state index < -0.39 is 11.7 Å². The van der Waals surface area contributed by atoms with E-state index in [1.54, 1.807) is 11.8 Å². The smallest absolute Gasteiger partial charge is 0.385 e. The molecule has 0 aliphatic carbocycles. The molecule has 1 aromatic carbocycles. The van der Waals surface area contributed by atoms with Crippen molar-refractivity contribution in [2.75, 3.05) is 55.1 Å². The number of hydroxylamine groups is 1. The SMILES string of the molecule is COCCCCC/C(c1ccc(C(F)(F)F)cc1)=[N+](/C)OCC[N+](C)(C)C. The Hall–Kier alpha value is -1.60. The number of ether oxygens (including phenoxy) is 1. The molecule has 0 atom stereocenters. The number of methoxy groups -OCH3 is 1. The Balaban J connectivity index is 2.90. The minimum Gasteiger partial charge on any atom is -0.385 e. The van der Waals surface area contributed by atoms with Crippen molar-refractivity contribution in [3.8, 4) is 0 Å². The molecule has 0 saturated heterocycles. The molecule has 7 heteroatoms. The minimum atomic E-state index is -4.33. The van der Waals surface area contributed by atoms with Gasteiger partial charge >= 0.3 is 6.18 Å². The lowest BCUT2D eigenvalue weighted by atomic mass is 10.0. The zero-order valence-electron chi connectivity index (χ0n) is 17.1. The monoisotopic (exact) mass is 390 g/mol. The molecule has 0 unspecified atom stereocenters. The van der Waals surface area contributed by atoms with E-state index in [1.165, 1.54) is 12.1 Å². The maximum atomic E-state index is 12.8. The summed E-state index contributed by atoms with van der Waals surface area (Å²) in [7, 11) is 9.74. The first-order valence-electron chi connectivity index (χ1n) is 9.24. The molecule has 0 amide bonds. The first-order valence-corrected chi connectivity index (χ1v) is 9.24. The summed E-state index contributed by atoms with van der Waals surface area (Å²) in [5.41, 5.74) is 1.00. The van der Waals surface area contributed by atoms with Crippen LogP contribution in [0.15, 0.2) is 24.3 Å². The highest BCUT2D eigenvalue weighted by Crippen LogP contribution is 2.29. The Morgan fingerprint density at radius 1 is 1.00 bits per heavy atom. The Labute approximate surface area is 160 Å². The molecule has 0 aliphatic rings. The quantitative estimate of drug-likeness (QED) is 0.187. The number of hydrogen-bond donors (Lipinski definition) is 0. The topological polar surface area (TPSA) is 21.5 Å². The van der Waals surface area contributed by atoms with E-state index in [2.05, 4.69) is 21.1 Å². The lowest BCUT2D eigenvalue weighted by molar-refractivity contribution is -0.880. The Kier molecular flexibility index (Phi) is 9.26. The predicted molar refractivity (Wildman–Crippen MR) is 101 cm³/mol. The number of likely N-dealkylation sites (N-methyl/N-ethyl adjacent to an activating group) is 1. The largest absolute Gasteiger partial charge is 0.416 e. The van der Waals surface area contributed by atoms with Gasteiger partial charge in [0.2, 0.25) is 12.3 Å². The average molecular weight is 390 g/mol. The fourth-order valence-corrected chi connectivity index (χ4v) is 2.58. The summed E-state index contributed by atoms with van der Waals surface area (Å²) in [5.74, 6) is 0. The van der Waals surface area contributed by atoms with Crippen molar-refractivity contribution < 1.29 is 32.0 Å². The third-order valence-electron chi connectivity index (χ3n) is 4.23. The summed E-state index contributed by atoms with van der Waals surface area (Å²) in [4.78, 5) is 5.84.